The number of para-hydroxylation sites is 2. The number of piperazine rings is 1. The first-order chi connectivity index (χ1) is 22.0. The molecule has 2 aliphatic rings. The molecule has 0 saturated carbocycles. The number of benzene rings is 2. The summed E-state index contributed by atoms with van der Waals surface area (Å²) in [6.07, 6.45) is -7.64. The van der Waals surface area contributed by atoms with E-state index in [2.05, 4.69) is 4.98 Å². The number of likely N-dealkylation sites (tertiary alicyclic amines) is 1. The van der Waals surface area contributed by atoms with Gasteiger partial charge >= 0.3 is 12.4 Å². The maximum atomic E-state index is 14.5. The highest BCUT2D eigenvalue weighted by atomic mass is 19.4. The van der Waals surface area contributed by atoms with Gasteiger partial charge in [-0.3, -0.25) is 14.6 Å². The highest BCUT2D eigenvalue weighted by Gasteiger charge is 2.54. The number of carbonyl (C=O) groups is 2. The molecule has 3 heterocycles. The van der Waals surface area contributed by atoms with Crippen molar-refractivity contribution in [1.82, 2.24) is 14.8 Å². The van der Waals surface area contributed by atoms with Gasteiger partial charge in [0.1, 0.15) is 11.5 Å². The first kappa shape index (κ1) is 33.9. The fourth-order valence-electron chi connectivity index (χ4n) is 6.41. The molecule has 1 aromatic heterocycles. The maximum absolute atomic E-state index is 14.5. The van der Waals surface area contributed by atoms with Crippen LogP contribution < -0.4 is 14.4 Å². The highest BCUT2D eigenvalue weighted by molar-refractivity contribution is 5.97. The molecule has 2 amide bonds. The van der Waals surface area contributed by atoms with Gasteiger partial charge in [0.15, 0.2) is 0 Å². The Bertz CT molecular complexity index is 1600. The van der Waals surface area contributed by atoms with Crippen LogP contribution in [-0.2, 0) is 17.1 Å². The molecular weight excluding hydrogens is 630 g/mol. The molecule has 3 aromatic rings. The average Bonchev–Trinajstić information content (AvgIpc) is 3.02. The van der Waals surface area contributed by atoms with Crippen molar-refractivity contribution in [1.29, 1.82) is 0 Å². The molecule has 5 rings (SSSR count). The van der Waals surface area contributed by atoms with E-state index in [1.165, 1.54) is 0 Å². The Labute approximate surface area is 267 Å². The number of alkyl halides is 6. The lowest BCUT2D eigenvalue weighted by atomic mass is 9.74. The van der Waals surface area contributed by atoms with E-state index in [1.807, 2.05) is 29.2 Å². The Balaban J connectivity index is 1.49. The van der Waals surface area contributed by atoms with Crippen molar-refractivity contribution in [3.05, 3.63) is 83.7 Å². The summed E-state index contributed by atoms with van der Waals surface area (Å²) in [4.78, 5) is 36.8. The number of methoxy groups -OCH3 is 1. The predicted octanol–water partition coefficient (Wildman–Crippen LogP) is 6.17. The molecule has 2 fully saturated rings. The van der Waals surface area contributed by atoms with Gasteiger partial charge in [0.05, 0.1) is 36.0 Å². The number of aromatic nitrogens is 1. The molecule has 252 valence electrons. The molecule has 0 N–H and O–H groups in total. The van der Waals surface area contributed by atoms with Crippen LogP contribution in [0, 0.1) is 5.41 Å². The number of hydrogen-bond donors (Lipinski definition) is 0. The summed E-state index contributed by atoms with van der Waals surface area (Å²) in [7, 11) is 1.56. The van der Waals surface area contributed by atoms with E-state index in [-0.39, 0.29) is 31.8 Å². The largest absolute Gasteiger partial charge is 0.495 e. The number of piperidine rings is 1. The molecule has 2 saturated heterocycles. The fourth-order valence-corrected chi connectivity index (χ4v) is 6.41. The summed E-state index contributed by atoms with van der Waals surface area (Å²) in [5, 5.41) is 0. The number of nitrogens with zero attached hydrogens (tertiary/aromatic N) is 4. The third-order valence-electron chi connectivity index (χ3n) is 8.35. The molecule has 47 heavy (non-hydrogen) atoms. The summed E-state index contributed by atoms with van der Waals surface area (Å²) in [5.41, 5.74) is -4.62. The smallest absolute Gasteiger partial charge is 0.417 e. The monoisotopic (exact) mass is 664 g/mol. The fraction of sp³-hybridized carbons (Fsp3) is 0.424. The summed E-state index contributed by atoms with van der Waals surface area (Å²) in [6, 6.07) is 12.0. The number of ether oxygens (including phenoxy) is 2. The molecule has 0 bridgehead atoms. The minimum atomic E-state index is -4.84. The van der Waals surface area contributed by atoms with Crippen LogP contribution in [0.1, 0.15) is 41.8 Å². The summed E-state index contributed by atoms with van der Waals surface area (Å²) in [6.45, 7) is 4.36. The summed E-state index contributed by atoms with van der Waals surface area (Å²) >= 11 is 0. The van der Waals surface area contributed by atoms with Crippen molar-refractivity contribution in [3.63, 3.8) is 0 Å². The van der Waals surface area contributed by atoms with Gasteiger partial charge in [-0.05, 0) is 47.9 Å². The van der Waals surface area contributed by atoms with Crippen LogP contribution in [0.25, 0.3) is 0 Å². The zero-order chi connectivity index (χ0) is 34.2. The minimum absolute atomic E-state index is 0.00892. The third kappa shape index (κ3) is 7.25. The maximum Gasteiger partial charge on any atom is 0.417 e. The lowest BCUT2D eigenvalue weighted by molar-refractivity contribution is -0.158. The second-order valence-corrected chi connectivity index (χ2v) is 12.5. The van der Waals surface area contributed by atoms with Crippen LogP contribution in [0.15, 0.2) is 67.0 Å². The van der Waals surface area contributed by atoms with Crippen molar-refractivity contribution >= 4 is 17.5 Å². The number of halogens is 6. The number of hydrogen-bond acceptors (Lipinski definition) is 6. The molecule has 14 heteroatoms. The van der Waals surface area contributed by atoms with Gasteiger partial charge in [0, 0.05) is 51.5 Å². The number of carbonyl (C=O) groups excluding carboxylic acids is 2. The van der Waals surface area contributed by atoms with Crippen LogP contribution in [0.2, 0.25) is 0 Å². The van der Waals surface area contributed by atoms with Crippen LogP contribution >= 0.6 is 0 Å². The van der Waals surface area contributed by atoms with Crippen molar-refractivity contribution < 1.29 is 45.4 Å². The van der Waals surface area contributed by atoms with E-state index in [0.29, 0.717) is 24.9 Å². The molecular formula is C33H34F6N4O4. The number of pyridine rings is 1. The topological polar surface area (TPSA) is 75.2 Å². The number of amides is 2. The van der Waals surface area contributed by atoms with Crippen molar-refractivity contribution in [2.45, 2.75) is 38.2 Å². The van der Waals surface area contributed by atoms with Gasteiger partial charge in [-0.2, -0.15) is 26.3 Å². The zero-order valence-corrected chi connectivity index (χ0v) is 26.0. The second kappa shape index (κ2) is 12.6. The Morgan fingerprint density at radius 2 is 1.49 bits per heavy atom. The SMILES string of the molecule is COc1ccccc1N1CCN(C(=O)C2(Oc3ccc(C(F)(F)F)cc3)CN(C(=O)c3cnccc3C(F)(F)F)CC(C)(C)C2)CC1. The third-order valence-corrected chi connectivity index (χ3v) is 8.35. The molecule has 8 nitrogen and oxygen atoms in total. The van der Waals surface area contributed by atoms with Gasteiger partial charge in [0.25, 0.3) is 11.8 Å². The van der Waals surface area contributed by atoms with Crippen LogP contribution in [0.4, 0.5) is 32.0 Å². The van der Waals surface area contributed by atoms with E-state index in [0.717, 1.165) is 47.2 Å². The lowest BCUT2D eigenvalue weighted by Gasteiger charge is -2.50. The van der Waals surface area contributed by atoms with E-state index in [4.69, 9.17) is 9.47 Å². The van der Waals surface area contributed by atoms with Gasteiger partial charge in [0.2, 0.25) is 5.60 Å². The van der Waals surface area contributed by atoms with Crippen molar-refractivity contribution in [2.24, 2.45) is 5.41 Å². The van der Waals surface area contributed by atoms with E-state index in [9.17, 15) is 35.9 Å². The zero-order valence-electron chi connectivity index (χ0n) is 26.0. The Kier molecular flexibility index (Phi) is 9.08. The molecule has 0 aliphatic carbocycles. The number of anilines is 1. The number of rotatable bonds is 6. The van der Waals surface area contributed by atoms with Gasteiger partial charge in [-0.15, -0.1) is 0 Å². The molecule has 0 radical (unpaired) electrons. The van der Waals surface area contributed by atoms with Crippen LogP contribution in [-0.4, -0.2) is 78.6 Å². The van der Waals surface area contributed by atoms with Gasteiger partial charge < -0.3 is 24.2 Å². The lowest BCUT2D eigenvalue weighted by Crippen LogP contribution is -2.67. The van der Waals surface area contributed by atoms with Crippen LogP contribution in [0.3, 0.4) is 0 Å². The van der Waals surface area contributed by atoms with Gasteiger partial charge in [-0.25, -0.2) is 0 Å². The van der Waals surface area contributed by atoms with E-state index >= 15 is 0 Å². The van der Waals surface area contributed by atoms with Crippen molar-refractivity contribution in [2.75, 3.05) is 51.3 Å². The Morgan fingerprint density at radius 1 is 0.830 bits per heavy atom. The molecule has 0 spiro atoms. The van der Waals surface area contributed by atoms with Crippen LogP contribution in [0.5, 0.6) is 11.5 Å². The van der Waals surface area contributed by atoms with Crippen molar-refractivity contribution in [3.8, 4) is 11.5 Å². The first-order valence-corrected chi connectivity index (χ1v) is 14.9. The highest BCUT2D eigenvalue weighted by Crippen LogP contribution is 2.42. The minimum Gasteiger partial charge on any atom is -0.495 e. The standard InChI is InChI=1S/C33H34F6N4O4/c1-30(2)19-31(47-23-10-8-22(9-11-23)32(34,35)36,21-43(20-30)28(44)24-18-40-13-12-25(24)33(37,38)39)29(45)42-16-14-41(15-17-42)26-6-4-5-7-27(26)46-3/h4-13,18H,14-17,19-21H2,1-3H3. The van der Waals surface area contributed by atoms with E-state index in [1.54, 1.807) is 25.9 Å². The molecule has 1 unspecified atom stereocenters. The summed E-state index contributed by atoms with van der Waals surface area (Å²) in [5.74, 6) is -0.912. The summed E-state index contributed by atoms with van der Waals surface area (Å²) < 4.78 is 93.3. The Hall–Kier alpha value is -4.49. The second-order valence-electron chi connectivity index (χ2n) is 12.5. The predicted molar refractivity (Wildman–Crippen MR) is 160 cm³/mol. The van der Waals surface area contributed by atoms with Gasteiger partial charge in [-0.1, -0.05) is 26.0 Å². The van der Waals surface area contributed by atoms with E-state index < -0.39 is 58.4 Å². The average molecular weight is 665 g/mol. The molecule has 2 aromatic carbocycles. The first-order valence-electron chi connectivity index (χ1n) is 14.9. The molecule has 1 atom stereocenters. The quantitative estimate of drug-likeness (QED) is 0.294. The normalized spacial score (nSPS) is 20.1. The Morgan fingerprint density at radius 3 is 2.11 bits per heavy atom. The molecule has 2 aliphatic heterocycles.